The van der Waals surface area contributed by atoms with Crippen molar-refractivity contribution in [3.8, 4) is 0 Å². The van der Waals surface area contributed by atoms with Crippen molar-refractivity contribution in [3.05, 3.63) is 10.4 Å². The lowest BCUT2D eigenvalue weighted by Crippen LogP contribution is -2.59. The topological polar surface area (TPSA) is 199 Å². The fourth-order valence-electron chi connectivity index (χ4n) is 7.76. The zero-order valence-corrected chi connectivity index (χ0v) is 32.6. The molecule has 0 spiro atoms. The van der Waals surface area contributed by atoms with Crippen LogP contribution in [0.5, 0.6) is 0 Å². The Balaban J connectivity index is 2.05. The molecular formula is C34H57N6O10P. The van der Waals surface area contributed by atoms with E-state index in [1.165, 1.54) is 18.9 Å². The third kappa shape index (κ3) is 9.57. The molecule has 0 bridgehead atoms. The molecule has 1 N–H and O–H groups in total. The summed E-state index contributed by atoms with van der Waals surface area (Å²) in [5.41, 5.74) is 5.33. The maximum atomic E-state index is 14.2. The van der Waals surface area contributed by atoms with Crippen molar-refractivity contribution in [2.75, 3.05) is 40.8 Å². The van der Waals surface area contributed by atoms with Crippen molar-refractivity contribution >= 4 is 32.2 Å². The first-order chi connectivity index (χ1) is 24.0. The molecule has 3 aliphatic rings. The number of cyclic esters (lactones) is 1. The van der Waals surface area contributed by atoms with Crippen LogP contribution < -0.4 is 5.32 Å². The van der Waals surface area contributed by atoms with Crippen LogP contribution >= 0.6 is 8.46 Å². The summed E-state index contributed by atoms with van der Waals surface area (Å²) in [6, 6.07) is -1.29. The number of amides is 2. The minimum absolute atomic E-state index is 0.130. The lowest BCUT2D eigenvalue weighted by Gasteiger charge is -2.46. The van der Waals surface area contributed by atoms with E-state index >= 15 is 0 Å². The number of azide groups is 1. The van der Waals surface area contributed by atoms with Crippen LogP contribution in [-0.4, -0.2) is 128 Å². The molecule has 3 unspecified atom stereocenters. The SMILES string of the molecule is CC[C@H]1OC(=O)[C@H](C)C(=O)[C@H](C)[C@@H](O[C@@H]2OC(C)CC(N(C)C)C2P=O)[C@](C)(OC)C[C@@H](C)CNC(=O)[C@H]2N(CCCCN=[N+]=[N-])C(=O)O[C@]12C. The Labute approximate surface area is 302 Å². The van der Waals surface area contributed by atoms with E-state index in [-0.39, 0.29) is 52.6 Å². The number of ketones is 1. The van der Waals surface area contributed by atoms with Crippen LogP contribution in [0.4, 0.5) is 4.79 Å². The van der Waals surface area contributed by atoms with E-state index in [0.717, 1.165) is 0 Å². The number of rotatable bonds is 11. The Kier molecular flexibility index (Phi) is 15.2. The van der Waals surface area contributed by atoms with Crippen LogP contribution in [0.3, 0.4) is 0 Å². The Bertz CT molecular complexity index is 1320. The molecule has 3 saturated heterocycles. The number of ether oxygens (including phenoxy) is 5. The molecule has 288 valence electrons. The largest absolute Gasteiger partial charge is 0.457 e. The standard InChI is InChI=1S/C34H57N6O10P/c1-11-24-34(7)27(40(32(44)50-34)15-13-12-14-37-38-35)29(42)36-18-19(2)17-33(6,46-10)28(21(4)25(41)22(5)30(43)48-24)49-31-26(51-45)23(39(8)9)16-20(3)47-31/h19-24,26-28,31H,11-18H2,1-10H3,(H,36,42)/t19-,20?,21+,22-,23?,24-,26?,27-,28-,31+,33-,34-/m1/s1. The van der Waals surface area contributed by atoms with Crippen LogP contribution in [0.1, 0.15) is 80.6 Å². The summed E-state index contributed by atoms with van der Waals surface area (Å²) in [5.74, 6) is -4.20. The van der Waals surface area contributed by atoms with Crippen LogP contribution in [0.15, 0.2) is 5.11 Å². The van der Waals surface area contributed by atoms with Gasteiger partial charge >= 0.3 is 12.1 Å². The van der Waals surface area contributed by atoms with Crippen molar-refractivity contribution < 1.29 is 47.4 Å². The fraction of sp³-hybridized carbons (Fsp3) is 0.882. The summed E-state index contributed by atoms with van der Waals surface area (Å²) < 4.78 is 43.4. The molecule has 3 fully saturated rings. The van der Waals surface area contributed by atoms with E-state index in [1.807, 2.05) is 39.8 Å². The molecule has 17 heteroatoms. The molecule has 16 nitrogen and oxygen atoms in total. The lowest BCUT2D eigenvalue weighted by atomic mass is 9.78. The molecule has 3 aliphatic heterocycles. The van der Waals surface area contributed by atoms with Gasteiger partial charge in [-0.1, -0.05) is 25.9 Å². The van der Waals surface area contributed by atoms with E-state index in [0.29, 0.717) is 25.7 Å². The van der Waals surface area contributed by atoms with Crippen molar-refractivity contribution in [2.24, 2.45) is 22.9 Å². The minimum Gasteiger partial charge on any atom is -0.457 e. The van der Waals surface area contributed by atoms with E-state index in [4.69, 9.17) is 29.2 Å². The number of Topliss-reactive ketones (excluding diaryl/α,β-unsaturated/α-hetero) is 1. The predicted molar refractivity (Wildman–Crippen MR) is 187 cm³/mol. The summed E-state index contributed by atoms with van der Waals surface area (Å²) >= 11 is 0. The smallest absolute Gasteiger partial charge is 0.411 e. The van der Waals surface area contributed by atoms with Crippen LogP contribution in [0.25, 0.3) is 10.4 Å². The van der Waals surface area contributed by atoms with Gasteiger partial charge in [0.15, 0.2) is 32.2 Å². The highest BCUT2D eigenvalue weighted by Crippen LogP contribution is 2.40. The summed E-state index contributed by atoms with van der Waals surface area (Å²) in [6.45, 7) is 12.6. The predicted octanol–water partition coefficient (Wildman–Crippen LogP) is 4.49. The number of hydrogen-bond acceptors (Lipinski definition) is 12. The van der Waals surface area contributed by atoms with Crippen molar-refractivity contribution in [1.29, 1.82) is 0 Å². The molecule has 0 aromatic heterocycles. The number of hydrogen-bond donors (Lipinski definition) is 1. The molecule has 3 rings (SSSR count). The average molecular weight is 741 g/mol. The molecule has 0 aromatic rings. The van der Waals surface area contributed by atoms with Crippen LogP contribution in [-0.2, 0) is 42.6 Å². The maximum absolute atomic E-state index is 14.2. The van der Waals surface area contributed by atoms with Gasteiger partial charge in [0.1, 0.15) is 17.7 Å². The minimum atomic E-state index is -1.58. The van der Waals surface area contributed by atoms with Gasteiger partial charge < -0.3 is 33.9 Å². The Morgan fingerprint density at radius 1 is 1.14 bits per heavy atom. The van der Waals surface area contributed by atoms with Crippen LogP contribution in [0, 0.1) is 17.8 Å². The highest BCUT2D eigenvalue weighted by atomic mass is 31.1. The van der Waals surface area contributed by atoms with E-state index in [2.05, 4.69) is 15.3 Å². The highest BCUT2D eigenvalue weighted by Gasteiger charge is 2.60. The maximum Gasteiger partial charge on any atom is 0.411 e. The molecule has 3 heterocycles. The molecular weight excluding hydrogens is 683 g/mol. The number of esters is 1. The molecule has 12 atom stereocenters. The number of carbonyl (C=O) groups is 4. The normalized spacial score (nSPS) is 38.6. The van der Waals surface area contributed by atoms with Gasteiger partial charge in [-0.25, -0.2) is 4.79 Å². The Morgan fingerprint density at radius 2 is 1.82 bits per heavy atom. The second-order valence-electron chi connectivity index (χ2n) is 14.9. The second-order valence-corrected chi connectivity index (χ2v) is 15.7. The summed E-state index contributed by atoms with van der Waals surface area (Å²) in [4.78, 5) is 61.4. The van der Waals surface area contributed by atoms with E-state index in [1.54, 1.807) is 20.8 Å². The van der Waals surface area contributed by atoms with Gasteiger partial charge in [0.05, 0.1) is 17.8 Å². The summed E-state index contributed by atoms with van der Waals surface area (Å²) in [6.07, 6.45) is -1.90. The third-order valence-electron chi connectivity index (χ3n) is 10.7. The van der Waals surface area contributed by atoms with Crippen molar-refractivity contribution in [2.45, 2.75) is 134 Å². The van der Waals surface area contributed by atoms with Gasteiger partial charge in [-0.2, -0.15) is 0 Å². The zero-order valence-electron chi connectivity index (χ0n) is 31.7. The van der Waals surface area contributed by atoms with Crippen LogP contribution in [0.2, 0.25) is 0 Å². The Morgan fingerprint density at radius 3 is 2.41 bits per heavy atom. The second kappa shape index (κ2) is 18.3. The number of nitrogens with one attached hydrogen (secondary N) is 1. The monoisotopic (exact) mass is 740 g/mol. The highest BCUT2D eigenvalue weighted by molar-refractivity contribution is 7.25. The molecule has 0 saturated carbocycles. The first kappa shape index (κ1) is 42.5. The zero-order chi connectivity index (χ0) is 38.3. The van der Waals surface area contributed by atoms with Gasteiger partial charge in [-0.3, -0.25) is 23.8 Å². The van der Waals surface area contributed by atoms with Gasteiger partial charge in [-0.15, -0.1) is 0 Å². The van der Waals surface area contributed by atoms with E-state index in [9.17, 15) is 23.7 Å². The van der Waals surface area contributed by atoms with Gasteiger partial charge in [-0.05, 0) is 85.3 Å². The summed E-state index contributed by atoms with van der Waals surface area (Å²) in [5, 5.41) is 6.52. The lowest BCUT2D eigenvalue weighted by molar-refractivity contribution is -0.260. The van der Waals surface area contributed by atoms with Gasteiger partial charge in [0, 0.05) is 43.6 Å². The van der Waals surface area contributed by atoms with Gasteiger partial charge in [0.25, 0.3) is 0 Å². The third-order valence-corrected chi connectivity index (χ3v) is 11.5. The Hall–Kier alpha value is -2.87. The first-order valence-electron chi connectivity index (χ1n) is 17.9. The number of methoxy groups -OCH3 is 1. The van der Waals surface area contributed by atoms with Crippen molar-refractivity contribution in [3.63, 3.8) is 0 Å². The average Bonchev–Trinajstić information content (AvgIpc) is 3.35. The number of nitrogens with zero attached hydrogens (tertiary/aromatic N) is 5. The molecule has 2 amide bonds. The van der Waals surface area contributed by atoms with Gasteiger partial charge in [0.2, 0.25) is 5.91 Å². The summed E-state index contributed by atoms with van der Waals surface area (Å²) in [7, 11) is 5.15. The first-order valence-corrected chi connectivity index (χ1v) is 18.7. The number of fused-ring (bicyclic) bond motifs is 1. The molecule has 0 radical (unpaired) electrons. The quantitative estimate of drug-likeness (QED) is 0.0596. The number of unbranched alkanes of at least 4 members (excludes halogenated alkanes) is 1. The van der Waals surface area contributed by atoms with Crippen molar-refractivity contribution in [1.82, 2.24) is 15.1 Å². The molecule has 0 aromatic carbocycles. The number of carbonyl (C=O) groups excluding carboxylic acids is 4. The molecule has 51 heavy (non-hydrogen) atoms. The fourth-order valence-corrected chi connectivity index (χ4v) is 8.53. The van der Waals surface area contributed by atoms with E-state index < -0.39 is 77.0 Å². The molecule has 0 aliphatic carbocycles.